The van der Waals surface area contributed by atoms with Crippen molar-refractivity contribution in [3.63, 3.8) is 0 Å². The van der Waals surface area contributed by atoms with Crippen molar-refractivity contribution in [2.24, 2.45) is 5.92 Å². The molecule has 1 N–H and O–H groups in total. The number of amides is 1. The SMILES string of the molecule is CCCC(=O)[NH][Ti+2]([C]1=C(C)C(C)=C(C)C1C)[SiH](c1ccccc1)c1ccccc1.[Cl-].[Cl-]. The van der Waals surface area contributed by atoms with Gasteiger partial charge in [-0.25, -0.2) is 0 Å². The zero-order valence-corrected chi connectivity index (χ0v) is 23.2. The van der Waals surface area contributed by atoms with Crippen LogP contribution in [0.2, 0.25) is 0 Å². The Balaban J connectivity index is 0.00000240. The van der Waals surface area contributed by atoms with Gasteiger partial charge in [-0.05, 0) is 0 Å². The molecule has 2 aromatic carbocycles. The topological polar surface area (TPSA) is 29.1 Å². The Hall–Kier alpha value is -1.10. The van der Waals surface area contributed by atoms with Crippen LogP contribution in [0.15, 0.2) is 81.3 Å². The standard InChI is InChI=1S/C12H11Si.C9H13.C4H9NO.2ClH.Ti/c1-3-7-11(8-4-1)13-12-9-5-2-6-10-12;1-6-5-7(2)9(4)8(6)3;1-2-3-4(5)6;;;/h1-10,13H;6H,1-4H3;2-3H2,1H3,(H2,5,6);2*1H;/q;;;;;+3/p-3. The van der Waals surface area contributed by atoms with E-state index in [1.165, 1.54) is 27.1 Å². The summed E-state index contributed by atoms with van der Waals surface area (Å²) in [6.45, 7) is 9.63. The third-order valence-electron chi connectivity index (χ3n) is 6.24. The van der Waals surface area contributed by atoms with Crippen molar-refractivity contribution >= 4 is 22.9 Å². The van der Waals surface area contributed by atoms with Gasteiger partial charge in [-0.15, -0.1) is 0 Å². The van der Waals surface area contributed by atoms with Gasteiger partial charge >= 0.3 is 184 Å². The molecule has 3 rings (SSSR count). The van der Waals surface area contributed by atoms with Crippen LogP contribution in [-0.2, 0) is 22.2 Å². The first-order valence-corrected chi connectivity index (χ1v) is 16.6. The molecule has 0 fully saturated rings. The predicted molar refractivity (Wildman–Crippen MR) is 123 cm³/mol. The fourth-order valence-corrected chi connectivity index (χ4v) is 19.6. The molecular weight excluding hydrogens is 477 g/mol. The van der Waals surface area contributed by atoms with Crippen LogP contribution < -0.4 is 39.0 Å². The zero-order chi connectivity index (χ0) is 21.0. The number of carbonyl (C=O) groups excluding carboxylic acids is 1. The van der Waals surface area contributed by atoms with E-state index in [-0.39, 0.29) is 30.7 Å². The van der Waals surface area contributed by atoms with E-state index in [2.05, 4.69) is 99.1 Å². The van der Waals surface area contributed by atoms with Crippen molar-refractivity contribution in [3.8, 4) is 0 Å². The number of halogens is 2. The van der Waals surface area contributed by atoms with Crippen LogP contribution >= 0.6 is 0 Å². The summed E-state index contributed by atoms with van der Waals surface area (Å²) >= 11 is -2.13. The molecule has 0 bridgehead atoms. The van der Waals surface area contributed by atoms with Crippen molar-refractivity contribution in [2.75, 3.05) is 0 Å². The Bertz CT molecular complexity index is 892. The maximum Gasteiger partial charge on any atom is -1.00 e. The molecule has 1 aliphatic carbocycles. The minimum absolute atomic E-state index is 0. The Labute approximate surface area is 207 Å². The van der Waals surface area contributed by atoms with E-state index < -0.39 is 24.0 Å². The van der Waals surface area contributed by atoms with Crippen LogP contribution in [0.4, 0.5) is 0 Å². The number of allylic oxidation sites excluding steroid dienone is 4. The van der Waals surface area contributed by atoms with E-state index in [9.17, 15) is 4.79 Å². The second-order valence-corrected chi connectivity index (χ2v) is 17.8. The molecule has 0 spiro atoms. The van der Waals surface area contributed by atoms with E-state index in [0.717, 1.165) is 6.42 Å². The van der Waals surface area contributed by atoms with Crippen molar-refractivity contribution in [1.29, 1.82) is 0 Å². The first-order chi connectivity index (χ1) is 14.0. The Kier molecular flexibility index (Phi) is 11.5. The normalized spacial score (nSPS) is 15.5. The molecule has 2 aromatic rings. The monoisotopic (exact) mass is 508 g/mol. The van der Waals surface area contributed by atoms with Gasteiger partial charge in [0.05, 0.1) is 0 Å². The molecule has 1 amide bonds. The fourth-order valence-electron chi connectivity index (χ4n) is 4.35. The summed E-state index contributed by atoms with van der Waals surface area (Å²) in [6.07, 6.45) is 1.51. The van der Waals surface area contributed by atoms with Crippen LogP contribution in [0.1, 0.15) is 47.5 Å². The van der Waals surface area contributed by atoms with Crippen molar-refractivity contribution < 1.29 is 47.0 Å². The third kappa shape index (κ3) is 6.24. The molecule has 0 heterocycles. The number of rotatable bonds is 7. The molecule has 1 aliphatic rings. The molecule has 31 heavy (non-hydrogen) atoms. The van der Waals surface area contributed by atoms with Gasteiger partial charge in [0.2, 0.25) is 0 Å². The quantitative estimate of drug-likeness (QED) is 0.441. The summed E-state index contributed by atoms with van der Waals surface area (Å²) in [4.78, 5) is 12.9. The van der Waals surface area contributed by atoms with Crippen molar-refractivity contribution in [1.82, 2.24) is 3.80 Å². The maximum absolute atomic E-state index is 12.9. The number of benzene rings is 2. The predicted octanol–water partition coefficient (Wildman–Crippen LogP) is -1.76. The number of hydrogen-bond donors (Lipinski definition) is 1. The van der Waals surface area contributed by atoms with E-state index in [4.69, 9.17) is 0 Å². The van der Waals surface area contributed by atoms with E-state index >= 15 is 0 Å². The molecule has 1 atom stereocenters. The van der Waals surface area contributed by atoms with Crippen molar-refractivity contribution in [3.05, 3.63) is 81.3 Å². The Morgan fingerprint density at radius 1 is 0.903 bits per heavy atom. The Morgan fingerprint density at radius 3 is 1.77 bits per heavy atom. The average Bonchev–Trinajstić information content (AvgIpc) is 2.92. The van der Waals surface area contributed by atoms with Crippen molar-refractivity contribution in [2.45, 2.75) is 47.5 Å². The van der Waals surface area contributed by atoms with Gasteiger partial charge in [0.15, 0.2) is 0 Å². The van der Waals surface area contributed by atoms with Crippen LogP contribution in [-0.4, -0.2) is 12.6 Å². The van der Waals surface area contributed by atoms with Gasteiger partial charge in [0.1, 0.15) is 0 Å². The molecule has 0 aromatic heterocycles. The Morgan fingerprint density at radius 2 is 1.39 bits per heavy atom. The van der Waals surface area contributed by atoms with E-state index in [1.807, 2.05) is 0 Å². The largest absolute Gasteiger partial charge is 1.00 e. The molecule has 6 heteroatoms. The summed E-state index contributed by atoms with van der Waals surface area (Å²) in [5, 5.41) is 2.89. The van der Waals surface area contributed by atoms with E-state index in [0.29, 0.717) is 12.3 Å². The molecule has 1 unspecified atom stereocenters. The molecule has 0 radical (unpaired) electrons. The second kappa shape index (κ2) is 12.8. The minimum atomic E-state index is -2.13. The third-order valence-corrected chi connectivity index (χ3v) is 19.6. The zero-order valence-electron chi connectivity index (χ0n) is 19.0. The molecule has 165 valence electrons. The van der Waals surface area contributed by atoms with Gasteiger partial charge in [-0.1, -0.05) is 0 Å². The van der Waals surface area contributed by atoms with Gasteiger partial charge in [-0.2, -0.15) is 0 Å². The number of carbonyl (C=O) groups is 1. The molecule has 0 saturated heterocycles. The molecular formula is C25H32Cl2NOSiTi. The summed E-state index contributed by atoms with van der Waals surface area (Å²) in [6, 6.07) is 21.9. The number of hydrogen-bond acceptors (Lipinski definition) is 1. The first kappa shape index (κ1) is 27.9. The van der Waals surface area contributed by atoms with Gasteiger partial charge < -0.3 is 24.8 Å². The molecule has 0 saturated carbocycles. The van der Waals surface area contributed by atoms with Crippen LogP contribution in [0.3, 0.4) is 0 Å². The summed E-state index contributed by atoms with van der Waals surface area (Å²) in [7, 11) is 0. The van der Waals surface area contributed by atoms with Gasteiger partial charge in [-0.3, -0.25) is 0 Å². The molecule has 2 nitrogen and oxygen atoms in total. The summed E-state index contributed by atoms with van der Waals surface area (Å²) < 4.78 is 5.24. The maximum atomic E-state index is 12.9. The van der Waals surface area contributed by atoms with Crippen LogP contribution in [0.5, 0.6) is 0 Å². The van der Waals surface area contributed by atoms with Crippen LogP contribution in [0, 0.1) is 5.92 Å². The summed E-state index contributed by atoms with van der Waals surface area (Å²) in [5.41, 5.74) is 4.34. The van der Waals surface area contributed by atoms with Gasteiger partial charge in [0.25, 0.3) is 0 Å². The number of nitrogens with one attached hydrogen (secondary N) is 1. The first-order valence-electron chi connectivity index (χ1n) is 10.6. The fraction of sp³-hybridized carbons (Fsp3) is 0.320. The van der Waals surface area contributed by atoms with E-state index in [1.54, 1.807) is 3.88 Å². The van der Waals surface area contributed by atoms with Gasteiger partial charge in [0, 0.05) is 0 Å². The average molecular weight is 509 g/mol. The summed E-state index contributed by atoms with van der Waals surface area (Å²) in [5.74, 6) is 0.677. The molecule has 0 aliphatic heterocycles. The smallest absolute Gasteiger partial charge is 1.00 e. The van der Waals surface area contributed by atoms with Crippen LogP contribution in [0.25, 0.3) is 0 Å². The minimum Gasteiger partial charge on any atom is -1.00 e. The second-order valence-electron chi connectivity index (χ2n) is 8.03.